The number of nitro groups is 1. The van der Waals surface area contributed by atoms with Gasteiger partial charge < -0.3 is 5.11 Å². The van der Waals surface area contributed by atoms with Crippen molar-refractivity contribution >= 4 is 45.3 Å². The van der Waals surface area contributed by atoms with Crippen LogP contribution in [0.2, 0.25) is 5.02 Å². The molecule has 0 aliphatic heterocycles. The first kappa shape index (κ1) is 17.9. The fourth-order valence-electron chi connectivity index (χ4n) is 1.91. The number of amides is 1. The third-order valence-electron chi connectivity index (χ3n) is 2.99. The summed E-state index contributed by atoms with van der Waals surface area (Å²) in [6.07, 6.45) is 1.03. The molecule has 124 valence electrons. The summed E-state index contributed by atoms with van der Waals surface area (Å²) in [6, 6.07) is 9.05. The van der Waals surface area contributed by atoms with Crippen molar-refractivity contribution in [1.29, 1.82) is 0 Å². The number of carbonyl (C=O) groups is 1. The molecule has 0 heterocycles. The van der Waals surface area contributed by atoms with Gasteiger partial charge in [-0.15, -0.1) is 0 Å². The van der Waals surface area contributed by atoms with E-state index in [0.717, 1.165) is 0 Å². The molecule has 0 unspecified atom stereocenters. The zero-order valence-corrected chi connectivity index (χ0v) is 14.4. The first-order chi connectivity index (χ1) is 11.4. The van der Waals surface area contributed by atoms with Gasteiger partial charge in [0.2, 0.25) is 5.91 Å². The molecule has 2 aromatic carbocycles. The topological polar surface area (TPSA) is 105 Å². The number of benzene rings is 2. The highest BCUT2D eigenvalue weighted by atomic mass is 79.9. The average molecular weight is 413 g/mol. The Balaban J connectivity index is 2.06. The minimum Gasteiger partial charge on any atom is -0.506 e. The summed E-state index contributed by atoms with van der Waals surface area (Å²) < 4.78 is 0.637. The van der Waals surface area contributed by atoms with Crippen LogP contribution in [0.25, 0.3) is 0 Å². The quantitative estimate of drug-likeness (QED) is 0.446. The highest BCUT2D eigenvalue weighted by Crippen LogP contribution is 2.30. The SMILES string of the molecule is O=C(Cc1ccccc1[N+](=O)[O-])N/N=C/c1cc(Br)cc(Cl)c1O. The number of halogens is 2. The van der Waals surface area contributed by atoms with Crippen molar-refractivity contribution in [2.75, 3.05) is 0 Å². The number of nitro benzene ring substituents is 1. The number of phenolic OH excluding ortho intramolecular Hbond substituents is 1. The largest absolute Gasteiger partial charge is 0.506 e. The molecule has 2 N–H and O–H groups in total. The summed E-state index contributed by atoms with van der Waals surface area (Å²) in [5.41, 5.74) is 2.71. The number of hydrogen-bond acceptors (Lipinski definition) is 5. The number of phenols is 1. The maximum Gasteiger partial charge on any atom is 0.273 e. The van der Waals surface area contributed by atoms with Crippen LogP contribution in [0, 0.1) is 10.1 Å². The van der Waals surface area contributed by atoms with E-state index in [1.54, 1.807) is 12.1 Å². The fraction of sp³-hybridized carbons (Fsp3) is 0.0667. The average Bonchev–Trinajstić information content (AvgIpc) is 2.52. The van der Waals surface area contributed by atoms with Gasteiger partial charge in [0.15, 0.2) is 0 Å². The van der Waals surface area contributed by atoms with Crippen molar-refractivity contribution in [3.05, 3.63) is 67.1 Å². The van der Waals surface area contributed by atoms with E-state index in [0.29, 0.717) is 10.0 Å². The Hall–Kier alpha value is -2.45. The van der Waals surface area contributed by atoms with Gasteiger partial charge in [-0.25, -0.2) is 5.43 Å². The lowest BCUT2D eigenvalue weighted by atomic mass is 10.1. The number of nitrogens with one attached hydrogen (secondary N) is 1. The van der Waals surface area contributed by atoms with Crippen molar-refractivity contribution in [2.45, 2.75) is 6.42 Å². The molecule has 0 saturated heterocycles. The normalized spacial score (nSPS) is 10.8. The molecular formula is C15H11BrClN3O4. The Bertz CT molecular complexity index is 826. The van der Waals surface area contributed by atoms with E-state index < -0.39 is 10.8 Å². The summed E-state index contributed by atoms with van der Waals surface area (Å²) in [7, 11) is 0. The molecule has 7 nitrogen and oxygen atoms in total. The molecule has 0 aliphatic carbocycles. The molecular weight excluding hydrogens is 402 g/mol. The summed E-state index contributed by atoms with van der Waals surface area (Å²) in [6.45, 7) is 0. The zero-order valence-electron chi connectivity index (χ0n) is 12.1. The molecule has 0 saturated carbocycles. The number of hydrazone groups is 1. The second kappa shape index (κ2) is 7.89. The second-order valence-electron chi connectivity index (χ2n) is 4.68. The Morgan fingerprint density at radius 1 is 1.42 bits per heavy atom. The van der Waals surface area contributed by atoms with Gasteiger partial charge in [0.25, 0.3) is 5.69 Å². The van der Waals surface area contributed by atoms with Crippen LogP contribution in [0.15, 0.2) is 46.0 Å². The molecule has 24 heavy (non-hydrogen) atoms. The summed E-state index contributed by atoms with van der Waals surface area (Å²) in [5.74, 6) is -0.697. The van der Waals surface area contributed by atoms with Gasteiger partial charge in [0, 0.05) is 21.7 Å². The number of rotatable bonds is 5. The molecule has 0 spiro atoms. The van der Waals surface area contributed by atoms with Gasteiger partial charge in [-0.1, -0.05) is 45.7 Å². The van der Waals surface area contributed by atoms with Gasteiger partial charge in [-0.2, -0.15) is 5.10 Å². The molecule has 0 fully saturated rings. The van der Waals surface area contributed by atoms with Gasteiger partial charge in [0.1, 0.15) is 5.75 Å². The Kier molecular flexibility index (Phi) is 5.88. The van der Waals surface area contributed by atoms with E-state index in [9.17, 15) is 20.0 Å². The van der Waals surface area contributed by atoms with Gasteiger partial charge in [-0.3, -0.25) is 14.9 Å². The summed E-state index contributed by atoms with van der Waals surface area (Å²) in [4.78, 5) is 22.2. The van der Waals surface area contributed by atoms with Crippen molar-refractivity contribution < 1.29 is 14.8 Å². The lowest BCUT2D eigenvalue weighted by Gasteiger charge is -2.03. The zero-order chi connectivity index (χ0) is 17.7. The monoisotopic (exact) mass is 411 g/mol. The molecule has 0 atom stereocenters. The van der Waals surface area contributed by atoms with E-state index in [-0.39, 0.29) is 28.4 Å². The first-order valence-corrected chi connectivity index (χ1v) is 7.78. The van der Waals surface area contributed by atoms with Gasteiger partial charge >= 0.3 is 0 Å². The summed E-state index contributed by atoms with van der Waals surface area (Å²) in [5, 5.41) is 24.5. The lowest BCUT2D eigenvalue weighted by molar-refractivity contribution is -0.385. The molecule has 0 aliphatic rings. The van der Waals surface area contributed by atoms with Crippen LogP contribution in [0.4, 0.5) is 5.69 Å². The number of aromatic hydroxyl groups is 1. The van der Waals surface area contributed by atoms with E-state index in [4.69, 9.17) is 11.6 Å². The minimum absolute atomic E-state index is 0.131. The highest BCUT2D eigenvalue weighted by Gasteiger charge is 2.15. The van der Waals surface area contributed by atoms with Crippen LogP contribution in [0.3, 0.4) is 0 Å². The number of para-hydroxylation sites is 1. The molecule has 0 aromatic heterocycles. The van der Waals surface area contributed by atoms with E-state index in [1.165, 1.54) is 30.5 Å². The molecule has 9 heteroatoms. The fourth-order valence-corrected chi connectivity index (χ4v) is 2.74. The van der Waals surface area contributed by atoms with Crippen molar-refractivity contribution in [2.24, 2.45) is 5.10 Å². The predicted molar refractivity (Wildman–Crippen MR) is 93.4 cm³/mol. The van der Waals surface area contributed by atoms with Gasteiger partial charge in [0.05, 0.1) is 22.6 Å². The van der Waals surface area contributed by atoms with Crippen molar-refractivity contribution in [3.63, 3.8) is 0 Å². The third kappa shape index (κ3) is 4.53. The Labute approximate surface area is 150 Å². The van der Waals surface area contributed by atoms with Crippen LogP contribution in [-0.4, -0.2) is 22.2 Å². The Morgan fingerprint density at radius 2 is 2.12 bits per heavy atom. The Morgan fingerprint density at radius 3 is 2.83 bits per heavy atom. The van der Waals surface area contributed by atoms with Gasteiger partial charge in [-0.05, 0) is 12.1 Å². The van der Waals surface area contributed by atoms with E-state index in [1.807, 2.05) is 0 Å². The number of hydrogen-bond donors (Lipinski definition) is 2. The first-order valence-electron chi connectivity index (χ1n) is 6.60. The standard InChI is InChI=1S/C15H11BrClN3O4/c16-11-5-10(15(22)12(17)7-11)8-18-19-14(21)6-9-3-1-2-4-13(9)20(23)24/h1-5,7-8,22H,6H2,(H,19,21)/b18-8+. The molecule has 2 rings (SSSR count). The molecule has 2 aromatic rings. The minimum atomic E-state index is -0.548. The summed E-state index contributed by atoms with van der Waals surface area (Å²) >= 11 is 9.05. The molecule has 0 bridgehead atoms. The van der Waals surface area contributed by atoms with Crippen LogP contribution >= 0.6 is 27.5 Å². The maximum atomic E-state index is 11.9. The van der Waals surface area contributed by atoms with Crippen LogP contribution in [-0.2, 0) is 11.2 Å². The molecule has 1 amide bonds. The number of carbonyl (C=O) groups excluding carboxylic acids is 1. The van der Waals surface area contributed by atoms with E-state index in [2.05, 4.69) is 26.5 Å². The van der Waals surface area contributed by atoms with Crippen LogP contribution in [0.5, 0.6) is 5.75 Å². The lowest BCUT2D eigenvalue weighted by Crippen LogP contribution is -2.20. The predicted octanol–water partition coefficient (Wildman–Crippen LogP) is 3.41. The highest BCUT2D eigenvalue weighted by molar-refractivity contribution is 9.10. The van der Waals surface area contributed by atoms with Crippen LogP contribution in [0.1, 0.15) is 11.1 Å². The second-order valence-corrected chi connectivity index (χ2v) is 6.00. The number of nitrogens with zero attached hydrogens (tertiary/aromatic N) is 2. The maximum absolute atomic E-state index is 11.9. The smallest absolute Gasteiger partial charge is 0.273 e. The molecule has 0 radical (unpaired) electrons. The van der Waals surface area contributed by atoms with Crippen molar-refractivity contribution in [1.82, 2.24) is 5.43 Å². The third-order valence-corrected chi connectivity index (χ3v) is 3.74. The van der Waals surface area contributed by atoms with E-state index >= 15 is 0 Å². The van der Waals surface area contributed by atoms with Crippen molar-refractivity contribution in [3.8, 4) is 5.75 Å². The van der Waals surface area contributed by atoms with Crippen LogP contribution < -0.4 is 5.43 Å².